The molecule has 7 heteroatoms. The number of ether oxygens (including phenoxy) is 1. The summed E-state index contributed by atoms with van der Waals surface area (Å²) in [4.78, 5) is 12.3. The lowest BCUT2D eigenvalue weighted by molar-refractivity contribution is -0.139. The number of nitrogens with zero attached hydrogens (tertiary/aromatic N) is 2. The highest BCUT2D eigenvalue weighted by molar-refractivity contribution is 8.00. The van der Waals surface area contributed by atoms with Crippen LogP contribution in [0.2, 0.25) is 5.02 Å². The monoisotopic (exact) mass is 516 g/mol. The number of aliphatic hydroxyl groups is 1. The minimum atomic E-state index is -0.500. The Morgan fingerprint density at radius 1 is 1.17 bits per heavy atom. The predicted octanol–water partition coefficient (Wildman–Crippen LogP) is 6.97. The number of methoxy groups -OCH3 is 1. The molecule has 1 aromatic heterocycles. The molecule has 0 saturated heterocycles. The number of anilines is 1. The van der Waals surface area contributed by atoms with E-state index in [4.69, 9.17) is 21.4 Å². The number of rotatable bonds is 4. The quantitative estimate of drug-likeness (QED) is 0.230. The number of esters is 1. The number of halogens is 1. The van der Waals surface area contributed by atoms with Gasteiger partial charge in [-0.25, -0.2) is 0 Å². The molecule has 0 amide bonds. The summed E-state index contributed by atoms with van der Waals surface area (Å²) in [5, 5.41) is 10.4. The number of benzene rings is 2. The van der Waals surface area contributed by atoms with E-state index >= 15 is 0 Å². The number of carbonyl (C=O) groups is 1. The zero-order chi connectivity index (χ0) is 26.5. The third-order valence-electron chi connectivity index (χ3n) is 5.59. The summed E-state index contributed by atoms with van der Waals surface area (Å²) in [5.41, 5.74) is 7.51. The Kier molecular flexibility index (Phi) is 9.90. The molecule has 4 rings (SSSR count). The van der Waals surface area contributed by atoms with E-state index in [2.05, 4.69) is 48.2 Å². The van der Waals surface area contributed by atoms with Gasteiger partial charge in [0.15, 0.2) is 0 Å². The Hall–Kier alpha value is -2.41. The standard InChI is InChI=1S/C22H23ClN2O2S.C4H10O.C2H4/c1-13-11-18-20(15-5-7-16(23)8-6-15)17(12-19(26)27-3)14(2)21-22(18)24(13)9-10-25(21)28-4;1-4(2,3)5;1-2/h5-8,11H,9-10,12H2,1-4H3;5H,1-3H3;1-2H2. The second-order valence-corrected chi connectivity index (χ2v) is 10.5. The first kappa shape index (κ1) is 28.8. The number of aryl methyl sites for hydroxylation is 1. The van der Waals surface area contributed by atoms with Crippen LogP contribution < -0.4 is 4.31 Å². The van der Waals surface area contributed by atoms with Gasteiger partial charge in [-0.2, -0.15) is 0 Å². The molecule has 0 fully saturated rings. The van der Waals surface area contributed by atoms with Crippen molar-refractivity contribution in [2.45, 2.75) is 53.2 Å². The van der Waals surface area contributed by atoms with Crippen LogP contribution in [0.4, 0.5) is 5.69 Å². The molecule has 0 spiro atoms. The fourth-order valence-corrected chi connectivity index (χ4v) is 5.05. The van der Waals surface area contributed by atoms with Gasteiger partial charge in [-0.15, -0.1) is 13.2 Å². The molecular weight excluding hydrogens is 480 g/mol. The topological polar surface area (TPSA) is 54.7 Å². The first-order valence-corrected chi connectivity index (χ1v) is 13.0. The predicted molar refractivity (Wildman–Crippen MR) is 152 cm³/mol. The van der Waals surface area contributed by atoms with Gasteiger partial charge in [-0.05, 0) is 75.1 Å². The van der Waals surface area contributed by atoms with Crippen molar-refractivity contribution in [3.05, 3.63) is 65.3 Å². The van der Waals surface area contributed by atoms with Gasteiger partial charge >= 0.3 is 5.97 Å². The Labute approximate surface area is 218 Å². The van der Waals surface area contributed by atoms with E-state index in [0.29, 0.717) is 5.02 Å². The highest BCUT2D eigenvalue weighted by Gasteiger charge is 2.28. The van der Waals surface area contributed by atoms with Gasteiger partial charge in [0.2, 0.25) is 0 Å². The van der Waals surface area contributed by atoms with Crippen LogP contribution in [0, 0.1) is 13.8 Å². The van der Waals surface area contributed by atoms with Gasteiger partial charge in [0.1, 0.15) is 0 Å². The third kappa shape index (κ3) is 6.63. The molecule has 5 nitrogen and oxygen atoms in total. The van der Waals surface area contributed by atoms with Crippen molar-refractivity contribution in [1.82, 2.24) is 4.57 Å². The van der Waals surface area contributed by atoms with Crippen LogP contribution in [0.5, 0.6) is 0 Å². The van der Waals surface area contributed by atoms with Gasteiger partial charge in [-0.1, -0.05) is 35.7 Å². The Bertz CT molecular complexity index is 1170. The summed E-state index contributed by atoms with van der Waals surface area (Å²) >= 11 is 7.86. The molecule has 0 radical (unpaired) electrons. The smallest absolute Gasteiger partial charge is 0.310 e. The maximum atomic E-state index is 12.3. The molecule has 1 N–H and O–H groups in total. The van der Waals surface area contributed by atoms with Crippen molar-refractivity contribution >= 4 is 46.1 Å². The average Bonchev–Trinajstić information content (AvgIpc) is 3.14. The third-order valence-corrected chi connectivity index (χ3v) is 6.64. The number of hydrogen-bond donors (Lipinski definition) is 1. The molecular formula is C28H37ClN2O3S. The van der Waals surface area contributed by atoms with Crippen molar-refractivity contribution in [2.24, 2.45) is 0 Å². The fraction of sp³-hybridized carbons (Fsp3) is 0.393. The lowest BCUT2D eigenvalue weighted by Gasteiger charge is -2.32. The lowest BCUT2D eigenvalue weighted by Crippen LogP contribution is -2.27. The van der Waals surface area contributed by atoms with Crippen LogP contribution in [0.3, 0.4) is 0 Å². The number of carbonyl (C=O) groups excluding carboxylic acids is 1. The number of hydrogen-bond acceptors (Lipinski definition) is 5. The van der Waals surface area contributed by atoms with Crippen LogP contribution in [0.1, 0.15) is 37.6 Å². The van der Waals surface area contributed by atoms with Gasteiger partial charge in [-0.3, -0.25) is 4.79 Å². The summed E-state index contributed by atoms with van der Waals surface area (Å²) < 4.78 is 9.75. The van der Waals surface area contributed by atoms with Crippen LogP contribution in [-0.4, -0.2) is 41.2 Å². The Balaban J connectivity index is 0.000000551. The van der Waals surface area contributed by atoms with Crippen LogP contribution in [-0.2, 0) is 22.5 Å². The van der Waals surface area contributed by atoms with E-state index in [-0.39, 0.29) is 12.4 Å². The minimum absolute atomic E-state index is 0.229. The van der Waals surface area contributed by atoms with Crippen LogP contribution >= 0.6 is 23.5 Å². The van der Waals surface area contributed by atoms with Crippen molar-refractivity contribution in [2.75, 3.05) is 24.2 Å². The van der Waals surface area contributed by atoms with Gasteiger partial charge < -0.3 is 18.7 Å². The molecule has 0 atom stereocenters. The van der Waals surface area contributed by atoms with Gasteiger partial charge in [0.05, 0.1) is 30.3 Å². The largest absolute Gasteiger partial charge is 0.469 e. The summed E-state index contributed by atoms with van der Waals surface area (Å²) in [5.74, 6) is -0.229. The number of aromatic nitrogens is 1. The van der Waals surface area contributed by atoms with E-state index in [1.165, 1.54) is 29.4 Å². The zero-order valence-corrected chi connectivity index (χ0v) is 23.4. The van der Waals surface area contributed by atoms with Gasteiger partial charge in [0, 0.05) is 35.4 Å². The van der Waals surface area contributed by atoms with E-state index in [0.717, 1.165) is 35.3 Å². The molecule has 3 aromatic rings. The van der Waals surface area contributed by atoms with E-state index < -0.39 is 5.60 Å². The SMILES string of the molecule is C=C.CC(C)(C)O.COC(=O)Cc1c(C)c2c3c(cc(C)n3CCN2SC)c1-c1ccc(Cl)cc1. The second-order valence-electron chi connectivity index (χ2n) is 9.24. The molecule has 0 bridgehead atoms. The van der Waals surface area contributed by atoms with Crippen molar-refractivity contribution < 1.29 is 14.6 Å². The molecule has 2 heterocycles. The maximum Gasteiger partial charge on any atom is 0.310 e. The van der Waals surface area contributed by atoms with E-state index in [9.17, 15) is 4.79 Å². The maximum absolute atomic E-state index is 12.3. The summed E-state index contributed by atoms with van der Waals surface area (Å²) in [7, 11) is 1.44. The highest BCUT2D eigenvalue weighted by atomic mass is 35.5. The van der Waals surface area contributed by atoms with Crippen LogP contribution in [0.15, 0.2) is 43.5 Å². The molecule has 35 heavy (non-hydrogen) atoms. The molecule has 0 aliphatic carbocycles. The molecule has 1 aliphatic heterocycles. The minimum Gasteiger partial charge on any atom is -0.469 e. The first-order valence-electron chi connectivity index (χ1n) is 11.5. The van der Waals surface area contributed by atoms with Gasteiger partial charge in [0.25, 0.3) is 0 Å². The van der Waals surface area contributed by atoms with E-state index in [1.807, 2.05) is 24.3 Å². The molecule has 0 saturated carbocycles. The average molecular weight is 517 g/mol. The zero-order valence-electron chi connectivity index (χ0n) is 21.9. The Morgan fingerprint density at radius 3 is 2.26 bits per heavy atom. The normalized spacial score (nSPS) is 12.4. The summed E-state index contributed by atoms with van der Waals surface area (Å²) in [6.45, 7) is 17.4. The summed E-state index contributed by atoms with van der Waals surface area (Å²) in [6, 6.07) is 10.1. The molecule has 1 aliphatic rings. The van der Waals surface area contributed by atoms with E-state index in [1.54, 1.807) is 32.7 Å². The van der Waals surface area contributed by atoms with Crippen molar-refractivity contribution in [3.8, 4) is 11.1 Å². The molecule has 0 unspecified atom stereocenters. The van der Waals surface area contributed by atoms with Crippen molar-refractivity contribution in [1.29, 1.82) is 0 Å². The molecule has 190 valence electrons. The lowest BCUT2D eigenvalue weighted by atomic mass is 9.89. The Morgan fingerprint density at radius 2 is 1.74 bits per heavy atom. The highest BCUT2D eigenvalue weighted by Crippen LogP contribution is 2.46. The fourth-order valence-electron chi connectivity index (χ4n) is 4.26. The molecule has 2 aromatic carbocycles. The van der Waals surface area contributed by atoms with Crippen molar-refractivity contribution in [3.63, 3.8) is 0 Å². The first-order chi connectivity index (χ1) is 16.5. The second kappa shape index (κ2) is 12.0. The summed E-state index contributed by atoms with van der Waals surface area (Å²) in [6.07, 6.45) is 2.35. The van der Waals surface area contributed by atoms with Crippen LogP contribution in [0.25, 0.3) is 22.0 Å².